The van der Waals surface area contributed by atoms with E-state index in [0.29, 0.717) is 22.4 Å². The lowest BCUT2D eigenvalue weighted by atomic mass is 10.0. The van der Waals surface area contributed by atoms with Crippen LogP contribution < -0.4 is 5.32 Å². The van der Waals surface area contributed by atoms with Crippen molar-refractivity contribution in [2.24, 2.45) is 0 Å². The van der Waals surface area contributed by atoms with Crippen molar-refractivity contribution in [3.63, 3.8) is 0 Å². The minimum atomic E-state index is -1.13. The van der Waals surface area contributed by atoms with Crippen molar-refractivity contribution in [1.82, 2.24) is 4.90 Å². The third-order valence-electron chi connectivity index (χ3n) is 4.42. The van der Waals surface area contributed by atoms with Gasteiger partial charge in [-0.25, -0.2) is 9.18 Å². The number of fused-ring (bicyclic) bond motifs is 1. The topological polar surface area (TPSA) is 75.7 Å². The summed E-state index contributed by atoms with van der Waals surface area (Å²) in [6.07, 6.45) is 0. The van der Waals surface area contributed by atoms with E-state index in [9.17, 15) is 18.8 Å². The highest BCUT2D eigenvalue weighted by molar-refractivity contribution is 6.21. The fourth-order valence-corrected chi connectivity index (χ4v) is 3.00. The predicted molar refractivity (Wildman–Crippen MR) is 96.8 cm³/mol. The first-order chi connectivity index (χ1) is 12.7. The van der Waals surface area contributed by atoms with Crippen molar-refractivity contribution >= 4 is 23.5 Å². The third kappa shape index (κ3) is 3.40. The largest absolute Gasteiger partial charge is 0.467 e. The summed E-state index contributed by atoms with van der Waals surface area (Å²) in [6.45, 7) is 3.14. The Morgan fingerprint density at radius 2 is 1.70 bits per heavy atom. The van der Waals surface area contributed by atoms with Gasteiger partial charge in [0.25, 0.3) is 11.8 Å². The molecule has 0 unspecified atom stereocenters. The van der Waals surface area contributed by atoms with E-state index >= 15 is 0 Å². The highest BCUT2D eigenvalue weighted by Gasteiger charge is 2.36. The van der Waals surface area contributed by atoms with Crippen molar-refractivity contribution in [3.05, 3.63) is 65.0 Å². The number of benzene rings is 2. The first-order valence-electron chi connectivity index (χ1n) is 8.35. The Kier molecular flexibility index (Phi) is 4.70. The van der Waals surface area contributed by atoms with Crippen LogP contribution in [0.1, 0.15) is 40.1 Å². The highest BCUT2D eigenvalue weighted by atomic mass is 19.1. The number of amides is 2. The second-order valence-electron chi connectivity index (χ2n) is 6.79. The molecular formula is C20H19FN2O4. The lowest BCUT2D eigenvalue weighted by Crippen LogP contribution is -2.41. The Balaban J connectivity index is 1.92. The minimum Gasteiger partial charge on any atom is -0.467 e. The van der Waals surface area contributed by atoms with Gasteiger partial charge < -0.3 is 10.1 Å². The number of methoxy groups -OCH3 is 1. The number of hydrogen-bond donors (Lipinski definition) is 1. The maximum absolute atomic E-state index is 13.8. The molecule has 0 radical (unpaired) electrons. The fourth-order valence-electron chi connectivity index (χ4n) is 3.00. The first kappa shape index (κ1) is 18.6. The highest BCUT2D eigenvalue weighted by Crippen LogP contribution is 2.28. The molecule has 1 aliphatic heterocycles. The molecule has 6 nitrogen and oxygen atoms in total. The molecule has 0 atom stereocenters. The van der Waals surface area contributed by atoms with E-state index in [1.807, 2.05) is 0 Å². The van der Waals surface area contributed by atoms with E-state index in [4.69, 9.17) is 4.74 Å². The van der Waals surface area contributed by atoms with Gasteiger partial charge in [-0.1, -0.05) is 18.2 Å². The zero-order valence-corrected chi connectivity index (χ0v) is 15.2. The van der Waals surface area contributed by atoms with Crippen LogP contribution in [0.2, 0.25) is 0 Å². The molecule has 0 saturated heterocycles. The van der Waals surface area contributed by atoms with E-state index in [2.05, 4.69) is 5.32 Å². The molecule has 0 bridgehead atoms. The van der Waals surface area contributed by atoms with Crippen molar-refractivity contribution < 1.29 is 23.5 Å². The summed E-state index contributed by atoms with van der Waals surface area (Å²) >= 11 is 0. The standard InChI is InChI=1S/C20H19FN2O4/c1-20(2,19(26)27-3)22-16-10-13(21)9-8-12(16)11-23-17(24)14-6-4-5-7-15(14)18(23)25/h4-10,22H,11H2,1-3H3. The van der Waals surface area contributed by atoms with Crippen LogP contribution in [-0.2, 0) is 16.1 Å². The van der Waals surface area contributed by atoms with Gasteiger partial charge in [-0.2, -0.15) is 0 Å². The summed E-state index contributed by atoms with van der Waals surface area (Å²) < 4.78 is 18.5. The van der Waals surface area contributed by atoms with E-state index in [1.165, 1.54) is 25.3 Å². The van der Waals surface area contributed by atoms with Gasteiger partial charge in [0.15, 0.2) is 0 Å². The van der Waals surface area contributed by atoms with Crippen LogP contribution in [0.15, 0.2) is 42.5 Å². The van der Waals surface area contributed by atoms with Gasteiger partial charge in [0.2, 0.25) is 0 Å². The minimum absolute atomic E-state index is 0.0494. The molecule has 2 amide bonds. The Bertz CT molecular complexity index is 904. The van der Waals surface area contributed by atoms with Crippen LogP contribution in [0, 0.1) is 5.82 Å². The van der Waals surface area contributed by atoms with Gasteiger partial charge in [-0.05, 0) is 43.7 Å². The number of halogens is 1. The fraction of sp³-hybridized carbons (Fsp3) is 0.250. The molecule has 1 N–H and O–H groups in total. The van der Waals surface area contributed by atoms with Crippen molar-refractivity contribution in [3.8, 4) is 0 Å². The van der Waals surface area contributed by atoms with E-state index in [-0.39, 0.29) is 6.54 Å². The molecule has 0 fully saturated rings. The monoisotopic (exact) mass is 370 g/mol. The Morgan fingerprint density at radius 1 is 1.11 bits per heavy atom. The zero-order valence-electron chi connectivity index (χ0n) is 15.2. The number of ether oxygens (including phenoxy) is 1. The number of nitrogens with one attached hydrogen (secondary N) is 1. The van der Waals surface area contributed by atoms with Crippen molar-refractivity contribution in [1.29, 1.82) is 0 Å². The van der Waals surface area contributed by atoms with Crippen molar-refractivity contribution in [2.75, 3.05) is 12.4 Å². The average Bonchev–Trinajstić information content (AvgIpc) is 2.88. The number of imide groups is 1. The quantitative estimate of drug-likeness (QED) is 0.647. The van der Waals surface area contributed by atoms with Gasteiger partial charge in [-0.3, -0.25) is 14.5 Å². The number of nitrogens with zero attached hydrogens (tertiary/aromatic N) is 1. The summed E-state index contributed by atoms with van der Waals surface area (Å²) in [5.41, 5.74) is 0.368. The van der Waals surface area contributed by atoms with Gasteiger partial charge in [0.05, 0.1) is 24.8 Å². The maximum atomic E-state index is 13.8. The van der Waals surface area contributed by atoms with Gasteiger partial charge in [0, 0.05) is 5.69 Å². The third-order valence-corrected chi connectivity index (χ3v) is 4.42. The molecule has 0 saturated carbocycles. The Hall–Kier alpha value is -3.22. The van der Waals surface area contributed by atoms with Crippen LogP contribution in [0.25, 0.3) is 0 Å². The first-order valence-corrected chi connectivity index (χ1v) is 8.35. The molecule has 0 aromatic heterocycles. The number of carbonyl (C=O) groups excluding carboxylic acids is 3. The van der Waals surface area contributed by atoms with Crippen LogP contribution >= 0.6 is 0 Å². The number of hydrogen-bond acceptors (Lipinski definition) is 5. The molecule has 2 aromatic rings. The molecule has 2 aromatic carbocycles. The van der Waals surface area contributed by atoms with E-state index in [0.717, 1.165) is 4.90 Å². The molecule has 1 aliphatic rings. The summed E-state index contributed by atoms with van der Waals surface area (Å²) in [7, 11) is 1.26. The summed E-state index contributed by atoms with van der Waals surface area (Å²) in [6, 6.07) is 10.5. The second-order valence-corrected chi connectivity index (χ2v) is 6.79. The SMILES string of the molecule is COC(=O)C(C)(C)Nc1cc(F)ccc1CN1C(=O)c2ccccc2C1=O. The number of carbonyl (C=O) groups is 3. The van der Waals surface area contributed by atoms with Crippen LogP contribution in [0.3, 0.4) is 0 Å². The molecule has 0 spiro atoms. The Labute approximate surface area is 155 Å². The molecule has 7 heteroatoms. The van der Waals surface area contributed by atoms with E-state index in [1.54, 1.807) is 38.1 Å². The number of rotatable bonds is 5. The van der Waals surface area contributed by atoms with Gasteiger partial charge in [-0.15, -0.1) is 0 Å². The molecule has 0 aliphatic carbocycles. The number of anilines is 1. The molecule has 27 heavy (non-hydrogen) atoms. The second kappa shape index (κ2) is 6.83. The molecule has 1 heterocycles. The van der Waals surface area contributed by atoms with Gasteiger partial charge in [0.1, 0.15) is 11.4 Å². The normalized spacial score (nSPS) is 13.6. The predicted octanol–water partition coefficient (Wildman–Crippen LogP) is 2.99. The summed E-state index contributed by atoms with van der Waals surface area (Å²) in [5, 5.41) is 2.94. The Morgan fingerprint density at radius 3 is 2.26 bits per heavy atom. The summed E-state index contributed by atoms with van der Waals surface area (Å²) in [5.74, 6) is -1.85. The lowest BCUT2D eigenvalue weighted by molar-refractivity contribution is -0.144. The smallest absolute Gasteiger partial charge is 0.330 e. The lowest BCUT2D eigenvalue weighted by Gasteiger charge is -2.26. The van der Waals surface area contributed by atoms with Gasteiger partial charge >= 0.3 is 5.97 Å². The van der Waals surface area contributed by atoms with Crippen LogP contribution in [-0.4, -0.2) is 35.3 Å². The van der Waals surface area contributed by atoms with E-state index < -0.39 is 29.1 Å². The van der Waals surface area contributed by atoms with Crippen LogP contribution in [0.5, 0.6) is 0 Å². The average molecular weight is 370 g/mol. The molecule has 140 valence electrons. The number of esters is 1. The zero-order chi connectivity index (χ0) is 19.8. The van der Waals surface area contributed by atoms with Crippen LogP contribution in [0.4, 0.5) is 10.1 Å². The molecular weight excluding hydrogens is 351 g/mol. The maximum Gasteiger partial charge on any atom is 0.330 e. The van der Waals surface area contributed by atoms with Crippen molar-refractivity contribution in [2.45, 2.75) is 25.9 Å². The summed E-state index contributed by atoms with van der Waals surface area (Å²) in [4.78, 5) is 38.2. The molecule has 3 rings (SSSR count).